The Hall–Kier alpha value is -1.90. The minimum Gasteiger partial charge on any atom is -0.375 e. The molecule has 0 saturated heterocycles. The normalized spacial score (nSPS) is 13.1. The van der Waals surface area contributed by atoms with Gasteiger partial charge in [-0.05, 0) is 12.1 Å². The van der Waals surface area contributed by atoms with Crippen LogP contribution in [-0.2, 0) is 0 Å². The Bertz CT molecular complexity index is 380. The second kappa shape index (κ2) is 5.10. The van der Waals surface area contributed by atoms with Gasteiger partial charge in [-0.15, -0.1) is 0 Å². The largest absolute Gasteiger partial charge is 0.375 e. The maximum absolute atomic E-state index is 4.18. The number of para-hydroxylation sites is 1. The van der Waals surface area contributed by atoms with Crippen LogP contribution in [-0.4, -0.2) is 24.4 Å². The van der Waals surface area contributed by atoms with E-state index in [1.54, 1.807) is 6.34 Å². The molecule has 0 spiro atoms. The molecule has 0 unspecified atom stereocenters. The summed E-state index contributed by atoms with van der Waals surface area (Å²) in [5.41, 5.74) is 1.06. The maximum Gasteiger partial charge on any atom is 0.0825 e. The number of rotatable bonds is 0. The van der Waals surface area contributed by atoms with E-state index < -0.39 is 0 Å². The van der Waals surface area contributed by atoms with Gasteiger partial charge in [-0.3, -0.25) is 9.98 Å². The summed E-state index contributed by atoms with van der Waals surface area (Å²) in [4.78, 5) is 8.03. The number of aliphatic imine (C=N–C) groups is 1. The first-order valence-corrected chi connectivity index (χ1v) is 4.98. The molecule has 3 heteroatoms. The number of fused-ring (bicyclic) bond motifs is 1. The Kier molecular flexibility index (Phi) is 3.28. The van der Waals surface area contributed by atoms with Crippen LogP contribution in [0.15, 0.2) is 47.6 Å². The standard InChI is InChI=1S/C9H7N.C3H6N2/c1-2-6-9-8(4-1)5-3-7-10-9;1-2-5-3-4-1/h1-7H;3H,1-2H2,(H,4,5). The fourth-order valence-electron chi connectivity index (χ4n) is 1.34. The van der Waals surface area contributed by atoms with Crippen molar-refractivity contribution in [2.75, 3.05) is 13.1 Å². The first-order valence-electron chi connectivity index (χ1n) is 4.98. The van der Waals surface area contributed by atoms with Gasteiger partial charge in [-0.25, -0.2) is 0 Å². The molecule has 76 valence electrons. The van der Waals surface area contributed by atoms with Crippen molar-refractivity contribution >= 4 is 17.2 Å². The second-order valence-corrected chi connectivity index (χ2v) is 3.19. The third kappa shape index (κ3) is 2.77. The first-order chi connectivity index (χ1) is 7.47. The van der Waals surface area contributed by atoms with E-state index in [9.17, 15) is 0 Å². The van der Waals surface area contributed by atoms with Gasteiger partial charge in [0.2, 0.25) is 0 Å². The lowest BCUT2D eigenvalue weighted by molar-refractivity contribution is 0.965. The summed E-state index contributed by atoms with van der Waals surface area (Å²) in [7, 11) is 0. The molecule has 0 radical (unpaired) electrons. The summed E-state index contributed by atoms with van der Waals surface area (Å²) in [5.74, 6) is 0. The molecule has 0 amide bonds. The second-order valence-electron chi connectivity index (χ2n) is 3.19. The van der Waals surface area contributed by atoms with Gasteiger partial charge in [0.05, 0.1) is 18.4 Å². The summed E-state index contributed by atoms with van der Waals surface area (Å²) >= 11 is 0. The van der Waals surface area contributed by atoms with Crippen molar-refractivity contribution in [1.29, 1.82) is 0 Å². The fraction of sp³-hybridized carbons (Fsp3) is 0.167. The number of hydrogen-bond donors (Lipinski definition) is 1. The summed E-state index contributed by atoms with van der Waals surface area (Å²) in [6.07, 6.45) is 3.54. The molecule has 0 saturated carbocycles. The highest BCUT2D eigenvalue weighted by molar-refractivity contribution is 5.77. The SMILES string of the molecule is C1=NCCN1.c1ccc2ncccc2c1. The molecule has 3 nitrogen and oxygen atoms in total. The molecule has 1 aromatic heterocycles. The Morgan fingerprint density at radius 3 is 2.60 bits per heavy atom. The van der Waals surface area contributed by atoms with E-state index in [0.717, 1.165) is 18.6 Å². The van der Waals surface area contributed by atoms with Gasteiger partial charge in [-0.1, -0.05) is 24.3 Å². The quantitative estimate of drug-likeness (QED) is 0.703. The molecule has 1 N–H and O–H groups in total. The van der Waals surface area contributed by atoms with Crippen LogP contribution in [0.5, 0.6) is 0 Å². The van der Waals surface area contributed by atoms with E-state index >= 15 is 0 Å². The zero-order valence-corrected chi connectivity index (χ0v) is 8.43. The van der Waals surface area contributed by atoms with Crippen molar-refractivity contribution in [3.8, 4) is 0 Å². The van der Waals surface area contributed by atoms with Crippen LogP contribution in [0.2, 0.25) is 0 Å². The van der Waals surface area contributed by atoms with Crippen LogP contribution in [0, 0.1) is 0 Å². The Balaban J connectivity index is 0.000000144. The van der Waals surface area contributed by atoms with Crippen LogP contribution in [0.4, 0.5) is 0 Å². The van der Waals surface area contributed by atoms with Crippen molar-refractivity contribution in [2.45, 2.75) is 0 Å². The Labute approximate surface area is 88.9 Å². The molecular weight excluding hydrogens is 186 g/mol. The number of hydrogen-bond acceptors (Lipinski definition) is 3. The molecule has 1 aliphatic rings. The molecule has 15 heavy (non-hydrogen) atoms. The molecular formula is C12H13N3. The predicted octanol–water partition coefficient (Wildman–Crippen LogP) is 1.85. The van der Waals surface area contributed by atoms with Crippen LogP contribution in [0.25, 0.3) is 10.9 Å². The minimum absolute atomic E-state index is 0.958. The van der Waals surface area contributed by atoms with Gasteiger partial charge >= 0.3 is 0 Å². The highest BCUT2D eigenvalue weighted by atomic mass is 15.0. The van der Waals surface area contributed by atoms with Crippen molar-refractivity contribution in [3.05, 3.63) is 42.6 Å². The number of nitrogens with one attached hydrogen (secondary N) is 1. The van der Waals surface area contributed by atoms with E-state index in [1.165, 1.54) is 5.39 Å². The van der Waals surface area contributed by atoms with Gasteiger partial charge in [0.25, 0.3) is 0 Å². The van der Waals surface area contributed by atoms with Crippen LogP contribution in [0.3, 0.4) is 0 Å². The summed E-state index contributed by atoms with van der Waals surface area (Å²) < 4.78 is 0. The average Bonchev–Trinajstić information content (AvgIpc) is 2.88. The number of aromatic nitrogens is 1. The number of benzene rings is 1. The average molecular weight is 199 g/mol. The minimum atomic E-state index is 0.958. The van der Waals surface area contributed by atoms with Gasteiger partial charge in [0, 0.05) is 18.1 Å². The smallest absolute Gasteiger partial charge is 0.0825 e. The topological polar surface area (TPSA) is 37.3 Å². The first kappa shape index (κ1) is 9.65. The van der Waals surface area contributed by atoms with E-state index in [4.69, 9.17) is 0 Å². The van der Waals surface area contributed by atoms with Crippen molar-refractivity contribution in [3.63, 3.8) is 0 Å². The molecule has 0 bridgehead atoms. The zero-order chi connectivity index (χ0) is 10.3. The summed E-state index contributed by atoms with van der Waals surface area (Å²) in [5, 5.41) is 4.13. The van der Waals surface area contributed by atoms with Gasteiger partial charge in [-0.2, -0.15) is 0 Å². The third-order valence-electron chi connectivity index (χ3n) is 2.08. The van der Waals surface area contributed by atoms with Crippen molar-refractivity contribution < 1.29 is 0 Å². The lowest BCUT2D eigenvalue weighted by Crippen LogP contribution is -2.04. The van der Waals surface area contributed by atoms with E-state index in [-0.39, 0.29) is 0 Å². The lowest BCUT2D eigenvalue weighted by Gasteiger charge is -1.91. The third-order valence-corrected chi connectivity index (χ3v) is 2.08. The molecule has 3 rings (SSSR count). The highest BCUT2D eigenvalue weighted by Gasteiger charge is 1.86. The van der Waals surface area contributed by atoms with Gasteiger partial charge < -0.3 is 5.32 Å². The number of pyridine rings is 1. The molecule has 0 aliphatic carbocycles. The number of nitrogens with zero attached hydrogens (tertiary/aromatic N) is 2. The molecule has 0 atom stereocenters. The van der Waals surface area contributed by atoms with Gasteiger partial charge in [0.1, 0.15) is 0 Å². The maximum atomic E-state index is 4.18. The molecule has 2 aromatic rings. The molecule has 0 fully saturated rings. The Morgan fingerprint density at radius 2 is 1.93 bits per heavy atom. The van der Waals surface area contributed by atoms with E-state index in [2.05, 4.69) is 27.4 Å². The zero-order valence-electron chi connectivity index (χ0n) is 8.43. The monoisotopic (exact) mass is 199 g/mol. The van der Waals surface area contributed by atoms with Crippen LogP contribution in [0.1, 0.15) is 0 Å². The highest BCUT2D eigenvalue weighted by Crippen LogP contribution is 2.07. The van der Waals surface area contributed by atoms with Crippen LogP contribution >= 0.6 is 0 Å². The predicted molar refractivity (Wildman–Crippen MR) is 63.1 cm³/mol. The molecule has 1 aliphatic heterocycles. The fourth-order valence-corrected chi connectivity index (χ4v) is 1.34. The van der Waals surface area contributed by atoms with Crippen molar-refractivity contribution in [2.24, 2.45) is 4.99 Å². The van der Waals surface area contributed by atoms with Crippen LogP contribution < -0.4 is 5.32 Å². The van der Waals surface area contributed by atoms with Crippen molar-refractivity contribution in [1.82, 2.24) is 10.3 Å². The summed E-state index contributed by atoms with van der Waals surface area (Å²) in [6.45, 7) is 1.99. The molecule has 2 heterocycles. The van der Waals surface area contributed by atoms with Gasteiger partial charge in [0.15, 0.2) is 0 Å². The summed E-state index contributed by atoms with van der Waals surface area (Å²) in [6, 6.07) is 12.1. The lowest BCUT2D eigenvalue weighted by atomic mass is 10.2. The van der Waals surface area contributed by atoms with E-state index in [0.29, 0.717) is 0 Å². The van der Waals surface area contributed by atoms with E-state index in [1.807, 2.05) is 30.5 Å². The Morgan fingerprint density at radius 1 is 1.07 bits per heavy atom. The molecule has 1 aromatic carbocycles.